The van der Waals surface area contributed by atoms with Crippen LogP contribution in [0.3, 0.4) is 0 Å². The lowest BCUT2D eigenvalue weighted by Crippen LogP contribution is -2.29. The Balaban J connectivity index is 1.36. The first-order chi connectivity index (χ1) is 17.0. The number of alkyl halides is 3. The Bertz CT molecular complexity index is 1470. The second kappa shape index (κ2) is 8.79. The van der Waals surface area contributed by atoms with Gasteiger partial charge in [0.15, 0.2) is 5.13 Å². The predicted molar refractivity (Wildman–Crippen MR) is 123 cm³/mol. The van der Waals surface area contributed by atoms with Crippen molar-refractivity contribution in [3.8, 4) is 6.07 Å². The van der Waals surface area contributed by atoms with Crippen molar-refractivity contribution in [3.63, 3.8) is 0 Å². The monoisotopic (exact) mass is 519 g/mol. The second-order valence-corrected chi connectivity index (χ2v) is 9.95. The fraction of sp³-hybridized carbons (Fsp3) is 0.348. The summed E-state index contributed by atoms with van der Waals surface area (Å²) < 4.78 is 53.3. The molecule has 2 unspecified atom stereocenters. The number of halogens is 4. The molecule has 3 heterocycles. The van der Waals surface area contributed by atoms with Crippen LogP contribution in [-0.2, 0) is 12.7 Å². The lowest BCUT2D eigenvalue weighted by Gasteiger charge is -2.22. The minimum Gasteiger partial charge on any atom is -0.347 e. The molecule has 0 amide bonds. The Morgan fingerprint density at radius 3 is 2.44 bits per heavy atom. The van der Waals surface area contributed by atoms with Crippen molar-refractivity contribution in [1.29, 1.82) is 5.26 Å². The van der Waals surface area contributed by atoms with Crippen LogP contribution in [0.2, 0.25) is 0 Å². The fourth-order valence-electron chi connectivity index (χ4n) is 4.96. The average Bonchev–Trinajstić information content (AvgIpc) is 3.36. The molecule has 0 bridgehead atoms. The van der Waals surface area contributed by atoms with E-state index in [-0.39, 0.29) is 27.2 Å². The summed E-state index contributed by atoms with van der Waals surface area (Å²) >= 11 is 0.844. The normalized spacial score (nSPS) is 20.0. The molecule has 2 saturated heterocycles. The van der Waals surface area contributed by atoms with Crippen LogP contribution in [0.25, 0.3) is 10.1 Å². The van der Waals surface area contributed by atoms with Crippen LogP contribution in [0.15, 0.2) is 35.1 Å². The maximum atomic E-state index is 13.9. The molecule has 2 aliphatic heterocycles. The van der Waals surface area contributed by atoms with Crippen molar-refractivity contribution in [2.24, 2.45) is 11.8 Å². The molecule has 0 radical (unpaired) electrons. The highest BCUT2D eigenvalue weighted by molar-refractivity contribution is 7.22. The number of nitriles is 1. The van der Waals surface area contributed by atoms with Crippen LogP contribution in [0.4, 0.5) is 28.4 Å². The summed E-state index contributed by atoms with van der Waals surface area (Å²) in [5.41, 5.74) is -2.23. The van der Waals surface area contributed by atoms with E-state index in [0.29, 0.717) is 44.9 Å². The van der Waals surface area contributed by atoms with Gasteiger partial charge in [0.2, 0.25) is 0 Å². The molecule has 0 aliphatic carbocycles. The molecule has 8 nitrogen and oxygen atoms in total. The Morgan fingerprint density at radius 1 is 1.17 bits per heavy atom. The molecule has 2 atom stereocenters. The van der Waals surface area contributed by atoms with Gasteiger partial charge in [-0.05, 0) is 35.6 Å². The van der Waals surface area contributed by atoms with E-state index in [0.717, 1.165) is 16.9 Å². The maximum absolute atomic E-state index is 13.9. The smallest absolute Gasteiger partial charge is 0.347 e. The molecule has 2 aromatic carbocycles. The van der Waals surface area contributed by atoms with E-state index >= 15 is 0 Å². The van der Waals surface area contributed by atoms with Gasteiger partial charge in [-0.3, -0.25) is 19.8 Å². The highest BCUT2D eigenvalue weighted by Gasteiger charge is 2.41. The highest BCUT2D eigenvalue weighted by Crippen LogP contribution is 2.40. The van der Waals surface area contributed by atoms with E-state index in [1.165, 1.54) is 12.1 Å². The first kappa shape index (κ1) is 24.1. The third-order valence-electron chi connectivity index (χ3n) is 6.61. The standard InChI is InChI=1S/C23H17F4N5O3S/c24-18-3-12(1-2-13(18)6-28)7-30-8-14-10-31(11-15(14)9-30)22-29-21(33)17-4-16(23(25,26)27)5-19(32(34)35)20(17)36-22/h1-5,14-15H,7-11H2. The molecule has 13 heteroatoms. The minimum atomic E-state index is -4.84. The van der Waals surface area contributed by atoms with Crippen molar-refractivity contribution in [2.75, 3.05) is 31.1 Å². The van der Waals surface area contributed by atoms with Crippen LogP contribution >= 0.6 is 11.3 Å². The molecule has 1 aromatic heterocycles. The van der Waals surface area contributed by atoms with E-state index < -0.39 is 39.1 Å². The topological polar surface area (TPSA) is 103 Å². The summed E-state index contributed by atoms with van der Waals surface area (Å²) in [6.07, 6.45) is -4.84. The number of aromatic nitrogens is 1. The summed E-state index contributed by atoms with van der Waals surface area (Å²) in [6.45, 7) is 3.00. The number of nitro groups is 1. The Labute approximate surface area is 205 Å². The van der Waals surface area contributed by atoms with Gasteiger partial charge in [-0.1, -0.05) is 17.4 Å². The van der Waals surface area contributed by atoms with Crippen LogP contribution in [0.5, 0.6) is 0 Å². The molecule has 5 rings (SSSR count). The number of likely N-dealkylation sites (tertiary alicyclic amines) is 1. The summed E-state index contributed by atoms with van der Waals surface area (Å²) in [4.78, 5) is 31.2. The number of benzene rings is 2. The van der Waals surface area contributed by atoms with Gasteiger partial charge in [0.05, 0.1) is 21.4 Å². The Morgan fingerprint density at radius 2 is 1.86 bits per heavy atom. The number of non-ortho nitro benzene ring substituents is 1. The van der Waals surface area contributed by atoms with Gasteiger partial charge in [0.25, 0.3) is 11.2 Å². The largest absolute Gasteiger partial charge is 0.416 e. The summed E-state index contributed by atoms with van der Waals surface area (Å²) in [7, 11) is 0. The number of fused-ring (bicyclic) bond motifs is 2. The van der Waals surface area contributed by atoms with Gasteiger partial charge < -0.3 is 4.90 Å². The third-order valence-corrected chi connectivity index (χ3v) is 7.77. The molecule has 2 aliphatic rings. The van der Waals surface area contributed by atoms with Crippen LogP contribution in [-0.4, -0.2) is 41.0 Å². The van der Waals surface area contributed by atoms with Gasteiger partial charge in [-0.25, -0.2) is 4.39 Å². The van der Waals surface area contributed by atoms with Crippen molar-refractivity contribution in [2.45, 2.75) is 12.7 Å². The number of rotatable bonds is 4. The second-order valence-electron chi connectivity index (χ2n) is 8.97. The summed E-state index contributed by atoms with van der Waals surface area (Å²) in [5, 5.41) is 20.2. The number of hydrogen-bond donors (Lipinski definition) is 0. The predicted octanol–water partition coefficient (Wildman–Crippen LogP) is 4.16. The van der Waals surface area contributed by atoms with E-state index in [1.54, 1.807) is 12.1 Å². The minimum absolute atomic E-state index is 0.00979. The molecule has 0 spiro atoms. The zero-order valence-corrected chi connectivity index (χ0v) is 19.3. The van der Waals surface area contributed by atoms with Gasteiger partial charge in [-0.2, -0.15) is 23.4 Å². The average molecular weight is 519 g/mol. The third kappa shape index (κ3) is 4.38. The van der Waals surface area contributed by atoms with Crippen molar-refractivity contribution >= 4 is 32.2 Å². The molecule has 0 saturated carbocycles. The molecule has 0 N–H and O–H groups in total. The quantitative estimate of drug-likeness (QED) is 0.290. The highest BCUT2D eigenvalue weighted by atomic mass is 32.1. The zero-order valence-electron chi connectivity index (χ0n) is 18.5. The molecule has 36 heavy (non-hydrogen) atoms. The zero-order chi connectivity index (χ0) is 25.8. The molecular weight excluding hydrogens is 502 g/mol. The molecule has 186 valence electrons. The number of nitro benzene ring substituents is 1. The van der Waals surface area contributed by atoms with Gasteiger partial charge in [0, 0.05) is 38.8 Å². The fourth-order valence-corrected chi connectivity index (χ4v) is 6.04. The van der Waals surface area contributed by atoms with Crippen LogP contribution in [0.1, 0.15) is 16.7 Å². The molecular formula is C23H17F4N5O3S. The van der Waals surface area contributed by atoms with E-state index in [1.807, 2.05) is 4.90 Å². The first-order valence-corrected chi connectivity index (χ1v) is 11.7. The molecule has 3 aromatic rings. The van der Waals surface area contributed by atoms with Gasteiger partial charge >= 0.3 is 6.18 Å². The maximum Gasteiger partial charge on any atom is 0.416 e. The van der Waals surface area contributed by atoms with Crippen LogP contribution in [0, 0.1) is 39.1 Å². The first-order valence-electron chi connectivity index (χ1n) is 10.9. The van der Waals surface area contributed by atoms with Gasteiger partial charge in [0.1, 0.15) is 16.6 Å². The van der Waals surface area contributed by atoms with Gasteiger partial charge in [-0.15, -0.1) is 0 Å². The molecule has 2 fully saturated rings. The summed E-state index contributed by atoms with van der Waals surface area (Å²) in [5.74, 6) is -0.125. The number of nitrogens with zero attached hydrogens (tertiary/aromatic N) is 5. The Kier molecular flexibility index (Phi) is 5.88. The summed E-state index contributed by atoms with van der Waals surface area (Å²) in [6, 6.07) is 7.38. The lowest BCUT2D eigenvalue weighted by molar-refractivity contribution is -0.383. The van der Waals surface area contributed by atoms with E-state index in [2.05, 4.69) is 9.88 Å². The SMILES string of the molecule is N#Cc1ccc(CN2CC3CN(c4nc(=O)c5cc(C(F)(F)F)cc([N+](=O)[O-])c5s4)CC3C2)cc1F. The van der Waals surface area contributed by atoms with Crippen molar-refractivity contribution < 1.29 is 22.5 Å². The van der Waals surface area contributed by atoms with E-state index in [4.69, 9.17) is 5.26 Å². The number of hydrogen-bond acceptors (Lipinski definition) is 8. The lowest BCUT2D eigenvalue weighted by atomic mass is 10.0. The van der Waals surface area contributed by atoms with Crippen molar-refractivity contribution in [3.05, 3.63) is 73.3 Å². The van der Waals surface area contributed by atoms with Crippen molar-refractivity contribution in [1.82, 2.24) is 9.88 Å². The van der Waals surface area contributed by atoms with Crippen LogP contribution < -0.4 is 10.5 Å². The number of anilines is 1. The Hall–Kier alpha value is -3.63. The van der Waals surface area contributed by atoms with E-state index in [9.17, 15) is 32.5 Å².